The van der Waals surface area contributed by atoms with Crippen LogP contribution in [0.3, 0.4) is 0 Å². The molecule has 3 aromatic rings. The highest BCUT2D eigenvalue weighted by molar-refractivity contribution is 5.57. The van der Waals surface area contributed by atoms with Crippen LogP contribution in [0.25, 0.3) is 0 Å². The number of rotatable bonds is 14. The molecule has 2 N–H and O–H groups in total. The molecule has 0 bridgehead atoms. The van der Waals surface area contributed by atoms with Gasteiger partial charge in [-0.15, -0.1) is 0 Å². The van der Waals surface area contributed by atoms with Crippen molar-refractivity contribution in [2.45, 2.75) is 57.8 Å². The van der Waals surface area contributed by atoms with Crippen LogP contribution in [0.1, 0.15) is 60.8 Å². The van der Waals surface area contributed by atoms with E-state index in [1.807, 2.05) is 18.2 Å². The molecule has 0 radical (unpaired) electrons. The minimum Gasteiger partial charge on any atom is -0.508 e. The van der Waals surface area contributed by atoms with Gasteiger partial charge in [0, 0.05) is 24.8 Å². The lowest BCUT2D eigenvalue weighted by Gasteiger charge is -2.27. The lowest BCUT2D eigenvalue weighted by molar-refractivity contribution is 0.229. The minimum absolute atomic E-state index is 0.294. The number of aryl methyl sites for hydroxylation is 2. The van der Waals surface area contributed by atoms with Gasteiger partial charge in [0.2, 0.25) is 0 Å². The first kappa shape index (κ1) is 28.8. The molecule has 6 heteroatoms. The summed E-state index contributed by atoms with van der Waals surface area (Å²) in [5.41, 5.74) is 5.92. The van der Waals surface area contributed by atoms with Crippen molar-refractivity contribution in [1.29, 1.82) is 0 Å². The summed E-state index contributed by atoms with van der Waals surface area (Å²) in [5.74, 6) is 1.61. The van der Waals surface area contributed by atoms with Gasteiger partial charge in [0.25, 0.3) is 0 Å². The summed E-state index contributed by atoms with van der Waals surface area (Å²) in [6.07, 6.45) is 6.95. The third-order valence-electron chi connectivity index (χ3n) is 7.70. The Kier molecular flexibility index (Phi) is 10.5. The predicted octanol–water partition coefficient (Wildman–Crippen LogP) is 6.97. The van der Waals surface area contributed by atoms with Gasteiger partial charge in [0.15, 0.2) is 11.6 Å². The van der Waals surface area contributed by atoms with E-state index < -0.39 is 0 Å². The summed E-state index contributed by atoms with van der Waals surface area (Å²) in [4.78, 5) is 2.22. The quantitative estimate of drug-likeness (QED) is 0.219. The minimum atomic E-state index is -0.294. The Labute approximate surface area is 233 Å². The normalized spacial score (nSPS) is 14.7. The summed E-state index contributed by atoms with van der Waals surface area (Å²) < 4.78 is 25.8. The van der Waals surface area contributed by atoms with E-state index in [9.17, 15) is 9.50 Å². The van der Waals surface area contributed by atoms with Crippen LogP contribution < -0.4 is 14.8 Å². The molecule has 210 valence electrons. The zero-order chi connectivity index (χ0) is 27.6. The third kappa shape index (κ3) is 8.12. The average molecular weight is 535 g/mol. The standard InChI is InChI=1S/C33H43FN2O3/c1-4-5-17-36(2)18-19-39-33-15-8-24(20-31(33)34)7-6-16-35-32-23-29(38-3)13-14-30(32)27-10-9-26-22-28(37)12-11-25(26)21-27/h8,11-15,20,22-23,27,35,37H,4-7,9-10,16-19,21H2,1-3H3/t27-/m1/s1. The summed E-state index contributed by atoms with van der Waals surface area (Å²) in [7, 11) is 3.76. The van der Waals surface area contributed by atoms with Crippen molar-refractivity contribution in [3.63, 3.8) is 0 Å². The molecular weight excluding hydrogens is 491 g/mol. The third-order valence-corrected chi connectivity index (χ3v) is 7.70. The molecule has 0 aromatic heterocycles. The summed E-state index contributed by atoms with van der Waals surface area (Å²) in [5, 5.41) is 13.5. The topological polar surface area (TPSA) is 54.0 Å². The Morgan fingerprint density at radius 1 is 1.03 bits per heavy atom. The van der Waals surface area contributed by atoms with Gasteiger partial charge in [0.1, 0.15) is 18.1 Å². The first-order chi connectivity index (χ1) is 19.0. The number of anilines is 1. The number of phenols is 1. The number of unbranched alkanes of at least 4 members (excludes halogenated alkanes) is 1. The number of nitrogens with one attached hydrogen (secondary N) is 1. The number of halogens is 1. The van der Waals surface area contributed by atoms with Crippen molar-refractivity contribution < 1.29 is 19.0 Å². The smallest absolute Gasteiger partial charge is 0.165 e. The van der Waals surface area contributed by atoms with Crippen molar-refractivity contribution in [2.75, 3.05) is 45.7 Å². The van der Waals surface area contributed by atoms with E-state index >= 15 is 0 Å². The van der Waals surface area contributed by atoms with Crippen LogP contribution in [-0.4, -0.2) is 50.4 Å². The van der Waals surface area contributed by atoms with E-state index in [2.05, 4.69) is 42.4 Å². The molecule has 39 heavy (non-hydrogen) atoms. The van der Waals surface area contributed by atoms with Gasteiger partial charge < -0.3 is 24.8 Å². The Morgan fingerprint density at radius 2 is 1.90 bits per heavy atom. The number of hydrogen-bond donors (Lipinski definition) is 2. The number of likely N-dealkylation sites (N-methyl/N-ethyl adjacent to an activating group) is 1. The monoisotopic (exact) mass is 534 g/mol. The van der Waals surface area contributed by atoms with Crippen molar-refractivity contribution in [3.05, 3.63) is 82.7 Å². The SMILES string of the molecule is CCCCN(C)CCOc1ccc(CCCNc2cc(OC)ccc2[C@@H]2CCc3cc(O)ccc3C2)cc1F. The zero-order valence-corrected chi connectivity index (χ0v) is 23.6. The number of aromatic hydroxyl groups is 1. The maximum Gasteiger partial charge on any atom is 0.165 e. The van der Waals surface area contributed by atoms with Gasteiger partial charge in [0.05, 0.1) is 7.11 Å². The molecule has 5 nitrogen and oxygen atoms in total. The molecule has 0 aliphatic heterocycles. The molecule has 1 aliphatic carbocycles. The van der Waals surface area contributed by atoms with Gasteiger partial charge in [-0.2, -0.15) is 0 Å². The molecular formula is C33H43FN2O3. The van der Waals surface area contributed by atoms with E-state index in [0.29, 0.717) is 24.0 Å². The van der Waals surface area contributed by atoms with Gasteiger partial charge >= 0.3 is 0 Å². The fourth-order valence-corrected chi connectivity index (χ4v) is 5.36. The maximum absolute atomic E-state index is 14.6. The lowest BCUT2D eigenvalue weighted by Crippen LogP contribution is -2.25. The molecule has 0 saturated carbocycles. The van der Waals surface area contributed by atoms with Gasteiger partial charge in [-0.3, -0.25) is 0 Å². The van der Waals surface area contributed by atoms with Crippen molar-refractivity contribution in [2.24, 2.45) is 0 Å². The van der Waals surface area contributed by atoms with Crippen LogP contribution in [0.15, 0.2) is 54.6 Å². The largest absolute Gasteiger partial charge is 0.508 e. The number of fused-ring (bicyclic) bond motifs is 1. The molecule has 0 spiro atoms. The second kappa shape index (κ2) is 14.2. The number of benzene rings is 3. The van der Waals surface area contributed by atoms with E-state index in [1.54, 1.807) is 25.3 Å². The van der Waals surface area contributed by atoms with Crippen LogP contribution in [0.2, 0.25) is 0 Å². The summed E-state index contributed by atoms with van der Waals surface area (Å²) in [6, 6.07) is 17.3. The predicted molar refractivity (Wildman–Crippen MR) is 157 cm³/mol. The number of ether oxygens (including phenoxy) is 2. The summed E-state index contributed by atoms with van der Waals surface area (Å²) >= 11 is 0. The van der Waals surface area contributed by atoms with Crippen LogP contribution >= 0.6 is 0 Å². The van der Waals surface area contributed by atoms with E-state index in [-0.39, 0.29) is 5.82 Å². The van der Waals surface area contributed by atoms with Gasteiger partial charge in [-0.05, 0) is 111 Å². The van der Waals surface area contributed by atoms with Crippen molar-refractivity contribution in [3.8, 4) is 17.2 Å². The van der Waals surface area contributed by atoms with Crippen LogP contribution in [0, 0.1) is 5.82 Å². The van der Waals surface area contributed by atoms with E-state index in [0.717, 1.165) is 75.2 Å². The highest BCUT2D eigenvalue weighted by atomic mass is 19.1. The first-order valence-corrected chi connectivity index (χ1v) is 14.3. The Morgan fingerprint density at radius 3 is 2.69 bits per heavy atom. The lowest BCUT2D eigenvalue weighted by atomic mass is 9.79. The van der Waals surface area contributed by atoms with Crippen LogP contribution in [0.5, 0.6) is 17.2 Å². The van der Waals surface area contributed by atoms with Gasteiger partial charge in [-0.25, -0.2) is 4.39 Å². The molecule has 0 saturated heterocycles. The molecule has 0 amide bonds. The number of methoxy groups -OCH3 is 1. The first-order valence-electron chi connectivity index (χ1n) is 14.3. The summed E-state index contributed by atoms with van der Waals surface area (Å²) in [6.45, 7) is 5.26. The molecule has 4 rings (SSSR count). The molecule has 0 fully saturated rings. The number of nitrogens with zero attached hydrogens (tertiary/aromatic N) is 1. The van der Waals surface area contributed by atoms with Crippen molar-refractivity contribution >= 4 is 5.69 Å². The van der Waals surface area contributed by atoms with E-state index in [1.165, 1.54) is 23.1 Å². The molecule has 0 unspecified atom stereocenters. The Hall–Kier alpha value is -3.25. The highest BCUT2D eigenvalue weighted by Crippen LogP contribution is 2.38. The van der Waals surface area contributed by atoms with Gasteiger partial charge in [-0.1, -0.05) is 31.5 Å². The van der Waals surface area contributed by atoms with Crippen molar-refractivity contribution in [1.82, 2.24) is 4.90 Å². The second-order valence-electron chi connectivity index (χ2n) is 10.6. The number of hydrogen-bond acceptors (Lipinski definition) is 5. The molecule has 3 aromatic carbocycles. The Bertz CT molecular complexity index is 1220. The van der Waals surface area contributed by atoms with Crippen LogP contribution in [-0.2, 0) is 19.3 Å². The maximum atomic E-state index is 14.6. The zero-order valence-electron chi connectivity index (χ0n) is 23.6. The molecule has 1 atom stereocenters. The molecule has 0 heterocycles. The highest BCUT2D eigenvalue weighted by Gasteiger charge is 2.23. The van der Waals surface area contributed by atoms with E-state index in [4.69, 9.17) is 9.47 Å². The van der Waals surface area contributed by atoms with Crippen LogP contribution in [0.4, 0.5) is 10.1 Å². The fourth-order valence-electron chi connectivity index (χ4n) is 5.36. The average Bonchev–Trinajstić information content (AvgIpc) is 2.95. The number of phenolic OH excluding ortho intramolecular Hbond substituents is 1. The Balaban J connectivity index is 1.30. The fraction of sp³-hybridized carbons (Fsp3) is 0.455. The molecule has 1 aliphatic rings. The second-order valence-corrected chi connectivity index (χ2v) is 10.6.